The first-order valence-electron chi connectivity index (χ1n) is 4.40. The Morgan fingerprint density at radius 3 is 2.76 bits per heavy atom. The summed E-state index contributed by atoms with van der Waals surface area (Å²) in [6.07, 6.45) is 3.79. The first-order chi connectivity index (χ1) is 8.18. The molecule has 0 bridgehead atoms. The minimum atomic E-state index is -1.28. The van der Waals surface area contributed by atoms with Gasteiger partial charge in [-0.2, -0.15) is 5.10 Å². The molecule has 0 aliphatic heterocycles. The molecule has 0 spiro atoms. The number of nitrogens with zero attached hydrogens (tertiary/aromatic N) is 4. The normalized spacial score (nSPS) is 9.88. The van der Waals surface area contributed by atoms with Crippen molar-refractivity contribution >= 4 is 17.8 Å². The monoisotopic (exact) mass is 234 g/mol. The number of aromatic carboxylic acids is 1. The van der Waals surface area contributed by atoms with Crippen molar-refractivity contribution in [1.29, 1.82) is 0 Å². The van der Waals surface area contributed by atoms with Gasteiger partial charge < -0.3 is 10.1 Å². The van der Waals surface area contributed by atoms with E-state index in [1.54, 1.807) is 0 Å². The molecule has 17 heavy (non-hydrogen) atoms. The number of aromatic amines is 1. The average Bonchev–Trinajstić information content (AvgIpc) is 2.79. The highest BCUT2D eigenvalue weighted by Gasteiger charge is 2.20. The molecular formula is C8H6N6O3. The zero-order valence-corrected chi connectivity index (χ0v) is 8.28. The van der Waals surface area contributed by atoms with Crippen molar-refractivity contribution in [2.75, 3.05) is 5.32 Å². The van der Waals surface area contributed by atoms with Crippen LogP contribution in [0.2, 0.25) is 0 Å². The molecule has 1 amide bonds. The summed E-state index contributed by atoms with van der Waals surface area (Å²) < 4.78 is 0. The minimum Gasteiger partial charge on any atom is -0.477 e. The molecule has 3 N–H and O–H groups in total. The number of anilines is 1. The van der Waals surface area contributed by atoms with Crippen LogP contribution < -0.4 is 5.32 Å². The van der Waals surface area contributed by atoms with E-state index in [4.69, 9.17) is 5.11 Å². The Morgan fingerprint density at radius 1 is 1.29 bits per heavy atom. The Hall–Kier alpha value is -2.84. The van der Waals surface area contributed by atoms with Gasteiger partial charge in [0.05, 0.1) is 18.7 Å². The highest BCUT2D eigenvalue weighted by molar-refractivity contribution is 6.07. The summed E-state index contributed by atoms with van der Waals surface area (Å²) in [4.78, 5) is 32.0. The number of hydrogen-bond acceptors (Lipinski definition) is 6. The van der Waals surface area contributed by atoms with Gasteiger partial charge in [0.25, 0.3) is 5.91 Å². The van der Waals surface area contributed by atoms with Crippen molar-refractivity contribution < 1.29 is 14.7 Å². The van der Waals surface area contributed by atoms with E-state index in [2.05, 4.69) is 30.5 Å². The van der Waals surface area contributed by atoms with E-state index in [-0.39, 0.29) is 17.3 Å². The molecule has 0 aliphatic carbocycles. The summed E-state index contributed by atoms with van der Waals surface area (Å²) in [6.45, 7) is 0. The molecule has 0 atom stereocenters. The first-order valence-corrected chi connectivity index (χ1v) is 4.40. The Kier molecular flexibility index (Phi) is 2.73. The van der Waals surface area contributed by atoms with Crippen molar-refractivity contribution in [3.8, 4) is 0 Å². The summed E-state index contributed by atoms with van der Waals surface area (Å²) in [5.74, 6) is -2.03. The van der Waals surface area contributed by atoms with Crippen LogP contribution in [0.25, 0.3) is 0 Å². The largest absolute Gasteiger partial charge is 0.477 e. The maximum Gasteiger partial charge on any atom is 0.354 e. The third kappa shape index (κ3) is 2.22. The lowest BCUT2D eigenvalue weighted by Crippen LogP contribution is -2.18. The van der Waals surface area contributed by atoms with Gasteiger partial charge in [0.15, 0.2) is 11.4 Å². The number of aromatic nitrogens is 5. The summed E-state index contributed by atoms with van der Waals surface area (Å²) in [5, 5.41) is 18.1. The lowest BCUT2D eigenvalue weighted by Gasteiger charge is -2.00. The van der Waals surface area contributed by atoms with Gasteiger partial charge in [-0.3, -0.25) is 10.1 Å². The molecule has 2 aromatic rings. The third-order valence-electron chi connectivity index (χ3n) is 1.78. The number of imidazole rings is 1. The zero-order chi connectivity index (χ0) is 12.3. The molecule has 86 valence electrons. The van der Waals surface area contributed by atoms with Crippen LogP contribution in [-0.2, 0) is 0 Å². The Labute approximate surface area is 93.9 Å². The molecule has 0 aromatic carbocycles. The molecule has 2 aromatic heterocycles. The summed E-state index contributed by atoms with van der Waals surface area (Å²) in [6, 6.07) is 0. The van der Waals surface area contributed by atoms with Gasteiger partial charge in [-0.25, -0.2) is 14.8 Å². The molecule has 0 radical (unpaired) electrons. The summed E-state index contributed by atoms with van der Waals surface area (Å²) in [7, 11) is 0. The Morgan fingerprint density at radius 2 is 2.12 bits per heavy atom. The van der Waals surface area contributed by atoms with Gasteiger partial charge in [0.2, 0.25) is 5.95 Å². The Bertz CT molecular complexity index is 551. The van der Waals surface area contributed by atoms with Gasteiger partial charge in [0, 0.05) is 0 Å². The topological polar surface area (TPSA) is 134 Å². The first kappa shape index (κ1) is 10.7. The number of H-pyrrole nitrogens is 1. The van der Waals surface area contributed by atoms with Crippen LogP contribution in [0.3, 0.4) is 0 Å². The van der Waals surface area contributed by atoms with E-state index in [1.807, 2.05) is 0 Å². The molecule has 9 heteroatoms. The standard InChI is InChI=1S/C8H6N6O3/c15-6(13-8-9-1-2-12-14-8)4-5(7(16)17)11-3-10-4/h1-3H,(H,10,11)(H,16,17)(H,9,13,14,15). The molecule has 9 nitrogen and oxygen atoms in total. The Balaban J connectivity index is 2.21. The number of carboxylic acid groups (broad SMARTS) is 1. The number of carbonyl (C=O) groups is 2. The second-order valence-electron chi connectivity index (χ2n) is 2.85. The van der Waals surface area contributed by atoms with Crippen LogP contribution in [0.15, 0.2) is 18.7 Å². The fourth-order valence-corrected chi connectivity index (χ4v) is 1.10. The molecule has 0 saturated carbocycles. The molecule has 0 aliphatic rings. The molecular weight excluding hydrogens is 228 g/mol. The second kappa shape index (κ2) is 4.35. The van der Waals surface area contributed by atoms with Gasteiger partial charge in [-0.15, -0.1) is 5.10 Å². The van der Waals surface area contributed by atoms with Crippen LogP contribution in [0, 0.1) is 0 Å². The number of amides is 1. The number of hydrogen-bond donors (Lipinski definition) is 3. The smallest absolute Gasteiger partial charge is 0.354 e. The summed E-state index contributed by atoms with van der Waals surface area (Å²) >= 11 is 0. The van der Waals surface area contributed by atoms with Crippen LogP contribution in [0.4, 0.5) is 5.95 Å². The van der Waals surface area contributed by atoms with E-state index in [0.717, 1.165) is 6.33 Å². The second-order valence-corrected chi connectivity index (χ2v) is 2.85. The fourth-order valence-electron chi connectivity index (χ4n) is 1.10. The van der Waals surface area contributed by atoms with Crippen molar-refractivity contribution in [3.63, 3.8) is 0 Å². The predicted molar refractivity (Wildman–Crippen MR) is 53.3 cm³/mol. The van der Waals surface area contributed by atoms with E-state index >= 15 is 0 Å². The summed E-state index contributed by atoms with van der Waals surface area (Å²) in [5.41, 5.74) is -0.545. The van der Waals surface area contributed by atoms with Crippen molar-refractivity contribution in [1.82, 2.24) is 25.1 Å². The van der Waals surface area contributed by atoms with Crippen molar-refractivity contribution in [3.05, 3.63) is 30.1 Å². The van der Waals surface area contributed by atoms with Gasteiger partial charge in [0.1, 0.15) is 0 Å². The highest BCUT2D eigenvalue weighted by Crippen LogP contribution is 2.05. The lowest BCUT2D eigenvalue weighted by molar-refractivity contribution is 0.0686. The maximum atomic E-state index is 11.6. The number of carbonyl (C=O) groups excluding carboxylic acids is 1. The fraction of sp³-hybridized carbons (Fsp3) is 0. The van der Waals surface area contributed by atoms with Crippen LogP contribution in [-0.4, -0.2) is 42.1 Å². The van der Waals surface area contributed by atoms with E-state index < -0.39 is 11.9 Å². The van der Waals surface area contributed by atoms with Gasteiger partial charge in [-0.1, -0.05) is 0 Å². The third-order valence-corrected chi connectivity index (χ3v) is 1.78. The van der Waals surface area contributed by atoms with E-state index in [0.29, 0.717) is 0 Å². The number of nitrogens with one attached hydrogen (secondary N) is 2. The number of rotatable bonds is 3. The van der Waals surface area contributed by atoms with Gasteiger partial charge in [-0.05, 0) is 0 Å². The molecule has 2 rings (SSSR count). The van der Waals surface area contributed by atoms with Crippen LogP contribution >= 0.6 is 0 Å². The lowest BCUT2D eigenvalue weighted by atomic mass is 10.3. The molecule has 0 fully saturated rings. The quantitative estimate of drug-likeness (QED) is 0.654. The average molecular weight is 234 g/mol. The van der Waals surface area contributed by atoms with Gasteiger partial charge >= 0.3 is 5.97 Å². The maximum absolute atomic E-state index is 11.6. The molecule has 2 heterocycles. The van der Waals surface area contributed by atoms with Crippen LogP contribution in [0.1, 0.15) is 21.0 Å². The van der Waals surface area contributed by atoms with E-state index in [9.17, 15) is 9.59 Å². The van der Waals surface area contributed by atoms with E-state index in [1.165, 1.54) is 12.4 Å². The van der Waals surface area contributed by atoms with Crippen molar-refractivity contribution in [2.45, 2.75) is 0 Å². The molecule has 0 saturated heterocycles. The SMILES string of the molecule is O=C(Nc1nccnn1)c1nc[nH]c1C(=O)O. The minimum absolute atomic E-state index is 0.0307. The molecule has 0 unspecified atom stereocenters. The predicted octanol–water partition coefficient (Wildman–Crippen LogP) is -0.455. The van der Waals surface area contributed by atoms with Crippen LogP contribution in [0.5, 0.6) is 0 Å². The van der Waals surface area contributed by atoms with Crippen molar-refractivity contribution in [2.24, 2.45) is 0 Å². The number of carboxylic acids is 1. The zero-order valence-electron chi connectivity index (χ0n) is 8.28. The highest BCUT2D eigenvalue weighted by atomic mass is 16.4.